The number of carbonyl (C=O) groups is 2. The highest BCUT2D eigenvalue weighted by Crippen LogP contribution is 2.33. The van der Waals surface area contributed by atoms with E-state index in [0.29, 0.717) is 60.3 Å². The number of methoxy groups -OCH3 is 2. The second-order valence-corrected chi connectivity index (χ2v) is 8.12. The molecular weight excluding hydrogens is 386 g/mol. The van der Waals surface area contributed by atoms with Crippen molar-refractivity contribution in [2.75, 3.05) is 27.3 Å². The van der Waals surface area contributed by atoms with Crippen LogP contribution in [-0.2, 0) is 11.3 Å². The summed E-state index contributed by atoms with van der Waals surface area (Å²) in [5, 5.41) is 0.936. The molecule has 8 nitrogen and oxygen atoms in total. The predicted octanol–water partition coefficient (Wildman–Crippen LogP) is 2.01. The molecule has 30 heavy (non-hydrogen) atoms. The number of hydrogen-bond acceptors (Lipinski definition) is 5. The Balaban J connectivity index is 2.12. The fraction of sp³-hybridized carbons (Fsp3) is 0.500. The zero-order chi connectivity index (χ0) is 22.0. The number of ether oxygens (including phenoxy) is 2. The molecule has 0 spiro atoms. The summed E-state index contributed by atoms with van der Waals surface area (Å²) in [6.07, 6.45) is 2.72. The average molecular weight is 415 g/mol. The number of rotatable bonds is 6. The maximum absolute atomic E-state index is 13.4. The molecule has 162 valence electrons. The summed E-state index contributed by atoms with van der Waals surface area (Å²) in [4.78, 5) is 39.7. The number of carbonyl (C=O) groups excluding carboxylic acids is 2. The zero-order valence-corrected chi connectivity index (χ0v) is 17.9. The van der Waals surface area contributed by atoms with Crippen LogP contribution in [0.1, 0.15) is 37.0 Å². The van der Waals surface area contributed by atoms with Gasteiger partial charge in [0.05, 0.1) is 25.2 Å². The third kappa shape index (κ3) is 4.13. The Morgan fingerprint density at radius 2 is 1.67 bits per heavy atom. The molecule has 3 rings (SSSR count). The van der Waals surface area contributed by atoms with Gasteiger partial charge in [-0.25, -0.2) is 0 Å². The lowest BCUT2D eigenvalue weighted by molar-refractivity contribution is -0.123. The first-order chi connectivity index (χ1) is 14.3. The summed E-state index contributed by atoms with van der Waals surface area (Å²) in [6.45, 7) is 5.42. The Hall–Kier alpha value is -3.03. The summed E-state index contributed by atoms with van der Waals surface area (Å²) in [6, 6.07) is 3.31. The third-order valence-corrected chi connectivity index (χ3v) is 5.57. The number of fused-ring (bicyclic) bond motifs is 1. The van der Waals surface area contributed by atoms with Crippen molar-refractivity contribution in [1.29, 1.82) is 0 Å². The molecule has 2 amide bonds. The number of nitrogens with zero attached hydrogens (tertiary/aromatic N) is 2. The lowest BCUT2D eigenvalue weighted by atomic mass is 9.95. The van der Waals surface area contributed by atoms with Crippen molar-refractivity contribution in [2.24, 2.45) is 17.6 Å². The van der Waals surface area contributed by atoms with Crippen LogP contribution in [0, 0.1) is 11.8 Å². The highest BCUT2D eigenvalue weighted by Gasteiger charge is 2.28. The van der Waals surface area contributed by atoms with Gasteiger partial charge >= 0.3 is 0 Å². The largest absolute Gasteiger partial charge is 0.493 e. The minimum absolute atomic E-state index is 0.173. The van der Waals surface area contributed by atoms with Crippen LogP contribution in [0.3, 0.4) is 0 Å². The number of amides is 2. The van der Waals surface area contributed by atoms with Crippen molar-refractivity contribution in [3.8, 4) is 11.5 Å². The van der Waals surface area contributed by atoms with E-state index >= 15 is 0 Å². The maximum Gasteiger partial charge on any atom is 0.258 e. The molecule has 0 aliphatic carbocycles. The van der Waals surface area contributed by atoms with E-state index in [-0.39, 0.29) is 29.2 Å². The van der Waals surface area contributed by atoms with Crippen LogP contribution in [0.15, 0.2) is 23.1 Å². The first kappa shape index (κ1) is 21.7. The van der Waals surface area contributed by atoms with Crippen molar-refractivity contribution in [1.82, 2.24) is 9.47 Å². The molecule has 2 aromatic rings. The number of likely N-dealkylation sites (tertiary alicyclic amines) is 1. The number of aromatic nitrogens is 1. The minimum atomic E-state index is -0.324. The van der Waals surface area contributed by atoms with Gasteiger partial charge in [0.2, 0.25) is 5.91 Å². The standard InChI is InChI=1S/C22H29N3O5/c1-13(2)11-25-12-17(22(28)24-7-5-14(6-8-24)20(23)26)15-9-18(29-3)19(30-4)10-16(15)21(25)27/h9-10,12-14H,5-8,11H2,1-4H3,(H2,23,26). The van der Waals surface area contributed by atoms with Crippen molar-refractivity contribution >= 4 is 22.6 Å². The summed E-state index contributed by atoms with van der Waals surface area (Å²) in [5.74, 6) is 0.416. The average Bonchev–Trinajstić information content (AvgIpc) is 2.74. The summed E-state index contributed by atoms with van der Waals surface area (Å²) < 4.78 is 12.3. The van der Waals surface area contributed by atoms with Gasteiger partial charge < -0.3 is 24.7 Å². The van der Waals surface area contributed by atoms with Gasteiger partial charge in [0.15, 0.2) is 11.5 Å². The second-order valence-electron chi connectivity index (χ2n) is 8.12. The van der Waals surface area contributed by atoms with Crippen LogP contribution in [0.4, 0.5) is 0 Å². The highest BCUT2D eigenvalue weighted by molar-refractivity contribution is 6.07. The van der Waals surface area contributed by atoms with Crippen LogP contribution in [0.5, 0.6) is 11.5 Å². The van der Waals surface area contributed by atoms with Gasteiger partial charge in [0.1, 0.15) is 0 Å². The van der Waals surface area contributed by atoms with E-state index in [1.807, 2.05) is 13.8 Å². The normalized spacial score (nSPS) is 14.9. The Kier molecular flexibility index (Phi) is 6.34. The van der Waals surface area contributed by atoms with E-state index in [9.17, 15) is 14.4 Å². The number of hydrogen-bond donors (Lipinski definition) is 1. The topological polar surface area (TPSA) is 104 Å². The molecule has 0 bridgehead atoms. The Labute approximate surface area is 175 Å². The molecule has 2 N–H and O–H groups in total. The van der Waals surface area contributed by atoms with Gasteiger partial charge in [-0.3, -0.25) is 14.4 Å². The monoisotopic (exact) mass is 415 g/mol. The molecule has 0 atom stereocenters. The van der Waals surface area contributed by atoms with Crippen molar-refractivity contribution in [2.45, 2.75) is 33.2 Å². The maximum atomic E-state index is 13.4. The quantitative estimate of drug-likeness (QED) is 0.777. The van der Waals surface area contributed by atoms with Crippen LogP contribution in [0.25, 0.3) is 10.8 Å². The fourth-order valence-corrected chi connectivity index (χ4v) is 3.95. The third-order valence-electron chi connectivity index (χ3n) is 5.57. The summed E-state index contributed by atoms with van der Waals surface area (Å²) in [5.41, 5.74) is 5.67. The van der Waals surface area contributed by atoms with E-state index in [4.69, 9.17) is 15.2 Å². The molecule has 1 aromatic heterocycles. The van der Waals surface area contributed by atoms with Gasteiger partial charge in [-0.1, -0.05) is 13.8 Å². The van der Waals surface area contributed by atoms with Crippen LogP contribution in [0.2, 0.25) is 0 Å². The zero-order valence-electron chi connectivity index (χ0n) is 17.9. The summed E-state index contributed by atoms with van der Waals surface area (Å²) in [7, 11) is 3.02. The number of nitrogens with two attached hydrogens (primary N) is 1. The first-order valence-corrected chi connectivity index (χ1v) is 10.1. The van der Waals surface area contributed by atoms with Gasteiger partial charge in [-0.2, -0.15) is 0 Å². The molecule has 0 radical (unpaired) electrons. The van der Waals surface area contributed by atoms with Crippen LogP contribution in [-0.4, -0.2) is 48.6 Å². The first-order valence-electron chi connectivity index (χ1n) is 10.1. The molecule has 1 saturated heterocycles. The van der Waals surface area contributed by atoms with E-state index < -0.39 is 0 Å². The van der Waals surface area contributed by atoms with E-state index in [0.717, 1.165) is 0 Å². The Morgan fingerprint density at radius 1 is 1.10 bits per heavy atom. The van der Waals surface area contributed by atoms with Crippen LogP contribution < -0.4 is 20.8 Å². The summed E-state index contributed by atoms with van der Waals surface area (Å²) >= 11 is 0. The van der Waals surface area contributed by atoms with E-state index in [1.54, 1.807) is 27.8 Å². The molecule has 1 aromatic carbocycles. The van der Waals surface area contributed by atoms with Gasteiger partial charge in [0, 0.05) is 37.1 Å². The van der Waals surface area contributed by atoms with Gasteiger partial charge in [0.25, 0.3) is 11.5 Å². The second kappa shape index (κ2) is 8.77. The van der Waals surface area contributed by atoms with Crippen LogP contribution >= 0.6 is 0 Å². The molecule has 1 aliphatic rings. The Bertz CT molecular complexity index is 1020. The molecule has 0 unspecified atom stereocenters. The van der Waals surface area contributed by atoms with Crippen molar-refractivity contribution in [3.63, 3.8) is 0 Å². The molecule has 8 heteroatoms. The predicted molar refractivity (Wildman–Crippen MR) is 114 cm³/mol. The van der Waals surface area contributed by atoms with Crippen molar-refractivity contribution < 1.29 is 19.1 Å². The number of pyridine rings is 1. The number of piperidine rings is 1. The molecule has 1 aliphatic heterocycles. The lowest BCUT2D eigenvalue weighted by Crippen LogP contribution is -2.42. The number of primary amides is 1. The van der Waals surface area contributed by atoms with E-state index in [2.05, 4.69) is 0 Å². The van der Waals surface area contributed by atoms with Gasteiger partial charge in [-0.15, -0.1) is 0 Å². The Morgan fingerprint density at radius 3 is 2.17 bits per heavy atom. The fourth-order valence-electron chi connectivity index (χ4n) is 3.95. The SMILES string of the molecule is COc1cc2c(C(=O)N3CCC(C(N)=O)CC3)cn(CC(C)C)c(=O)c2cc1OC. The molecule has 1 fully saturated rings. The smallest absolute Gasteiger partial charge is 0.258 e. The highest BCUT2D eigenvalue weighted by atomic mass is 16.5. The molecule has 0 saturated carbocycles. The van der Waals surface area contributed by atoms with Crippen molar-refractivity contribution in [3.05, 3.63) is 34.2 Å². The molecular formula is C22H29N3O5. The number of benzene rings is 1. The lowest BCUT2D eigenvalue weighted by Gasteiger charge is -2.31. The minimum Gasteiger partial charge on any atom is -0.493 e. The van der Waals surface area contributed by atoms with E-state index in [1.165, 1.54) is 14.2 Å². The molecule has 2 heterocycles. The van der Waals surface area contributed by atoms with Gasteiger partial charge in [-0.05, 0) is 30.9 Å².